The van der Waals surface area contributed by atoms with Crippen molar-refractivity contribution in [3.8, 4) is 5.75 Å². The molecule has 0 aromatic heterocycles. The highest BCUT2D eigenvalue weighted by atomic mass is 16.5. The Morgan fingerprint density at radius 1 is 1.29 bits per heavy atom. The SMILES string of the molecule is CCOCC(C)OCCOc1cccc(N)c1. The molecule has 0 aliphatic heterocycles. The van der Waals surface area contributed by atoms with E-state index >= 15 is 0 Å². The molecule has 0 fully saturated rings. The molecule has 0 aliphatic carbocycles. The Bertz CT molecular complexity index is 317. The third-order valence-electron chi connectivity index (χ3n) is 2.17. The van der Waals surface area contributed by atoms with Gasteiger partial charge in [-0.1, -0.05) is 6.07 Å². The van der Waals surface area contributed by atoms with Gasteiger partial charge in [0.1, 0.15) is 12.4 Å². The van der Waals surface area contributed by atoms with Crippen LogP contribution in [0.5, 0.6) is 5.75 Å². The summed E-state index contributed by atoms with van der Waals surface area (Å²) in [6.07, 6.45) is 0.0967. The summed E-state index contributed by atoms with van der Waals surface area (Å²) in [4.78, 5) is 0. The summed E-state index contributed by atoms with van der Waals surface area (Å²) < 4.78 is 16.3. The first-order chi connectivity index (χ1) is 8.22. The van der Waals surface area contributed by atoms with Gasteiger partial charge in [0.2, 0.25) is 0 Å². The Morgan fingerprint density at radius 3 is 2.82 bits per heavy atom. The number of ether oxygens (including phenoxy) is 3. The van der Waals surface area contributed by atoms with Crippen LogP contribution in [0.3, 0.4) is 0 Å². The number of hydrogen-bond donors (Lipinski definition) is 1. The largest absolute Gasteiger partial charge is 0.491 e. The molecule has 0 amide bonds. The maximum atomic E-state index is 5.64. The van der Waals surface area contributed by atoms with Crippen LogP contribution in [0.1, 0.15) is 13.8 Å². The zero-order chi connectivity index (χ0) is 12.5. The first-order valence-electron chi connectivity index (χ1n) is 5.90. The maximum absolute atomic E-state index is 5.64. The molecule has 0 bridgehead atoms. The molecule has 0 radical (unpaired) electrons. The van der Waals surface area contributed by atoms with Gasteiger partial charge < -0.3 is 19.9 Å². The summed E-state index contributed by atoms with van der Waals surface area (Å²) in [6, 6.07) is 7.36. The Balaban J connectivity index is 2.11. The minimum absolute atomic E-state index is 0.0967. The molecule has 1 aromatic rings. The summed E-state index contributed by atoms with van der Waals surface area (Å²) in [5, 5.41) is 0. The van der Waals surface area contributed by atoms with Crippen LogP contribution in [0.4, 0.5) is 5.69 Å². The fraction of sp³-hybridized carbons (Fsp3) is 0.538. The highest BCUT2D eigenvalue weighted by Crippen LogP contribution is 2.14. The van der Waals surface area contributed by atoms with Gasteiger partial charge in [-0.15, -0.1) is 0 Å². The topological polar surface area (TPSA) is 53.7 Å². The Kier molecular flexibility index (Phi) is 6.43. The minimum atomic E-state index is 0.0967. The van der Waals surface area contributed by atoms with E-state index in [0.29, 0.717) is 32.1 Å². The summed E-state index contributed by atoms with van der Waals surface area (Å²) in [5.41, 5.74) is 6.34. The molecule has 17 heavy (non-hydrogen) atoms. The van der Waals surface area contributed by atoms with Crippen LogP contribution in [-0.4, -0.2) is 32.5 Å². The molecule has 96 valence electrons. The lowest BCUT2D eigenvalue weighted by molar-refractivity contribution is -0.0128. The quantitative estimate of drug-likeness (QED) is 0.557. The van der Waals surface area contributed by atoms with Crippen molar-refractivity contribution in [3.05, 3.63) is 24.3 Å². The molecule has 1 unspecified atom stereocenters. The molecule has 0 aliphatic rings. The van der Waals surface area contributed by atoms with Crippen molar-refractivity contribution in [1.29, 1.82) is 0 Å². The zero-order valence-electron chi connectivity index (χ0n) is 10.5. The van der Waals surface area contributed by atoms with Crippen molar-refractivity contribution in [1.82, 2.24) is 0 Å². The maximum Gasteiger partial charge on any atom is 0.121 e. The molecule has 1 atom stereocenters. The van der Waals surface area contributed by atoms with E-state index in [-0.39, 0.29) is 6.10 Å². The molecule has 4 heteroatoms. The molecule has 0 spiro atoms. The van der Waals surface area contributed by atoms with E-state index < -0.39 is 0 Å². The zero-order valence-corrected chi connectivity index (χ0v) is 10.5. The number of nitrogens with two attached hydrogens (primary N) is 1. The molecule has 1 aromatic carbocycles. The monoisotopic (exact) mass is 239 g/mol. The summed E-state index contributed by atoms with van der Waals surface area (Å²) >= 11 is 0. The lowest BCUT2D eigenvalue weighted by Gasteiger charge is -2.13. The number of benzene rings is 1. The number of anilines is 1. The normalized spacial score (nSPS) is 12.4. The van der Waals surface area contributed by atoms with Gasteiger partial charge >= 0.3 is 0 Å². The molecular weight excluding hydrogens is 218 g/mol. The van der Waals surface area contributed by atoms with Gasteiger partial charge in [-0.2, -0.15) is 0 Å². The van der Waals surface area contributed by atoms with Gasteiger partial charge in [0.05, 0.1) is 19.3 Å². The average molecular weight is 239 g/mol. The van der Waals surface area contributed by atoms with Crippen LogP contribution in [0.15, 0.2) is 24.3 Å². The highest BCUT2D eigenvalue weighted by Gasteiger charge is 2.01. The van der Waals surface area contributed by atoms with Gasteiger partial charge in [0.15, 0.2) is 0 Å². The smallest absolute Gasteiger partial charge is 0.121 e. The standard InChI is InChI=1S/C13H21NO3/c1-3-15-10-11(2)16-7-8-17-13-6-4-5-12(14)9-13/h4-6,9,11H,3,7-8,10,14H2,1-2H3. The van der Waals surface area contributed by atoms with Crippen LogP contribution < -0.4 is 10.5 Å². The van der Waals surface area contributed by atoms with Crippen LogP contribution in [0.25, 0.3) is 0 Å². The summed E-state index contributed by atoms with van der Waals surface area (Å²) in [7, 11) is 0. The van der Waals surface area contributed by atoms with Crippen molar-refractivity contribution in [3.63, 3.8) is 0 Å². The first kappa shape index (κ1) is 13.8. The number of hydrogen-bond acceptors (Lipinski definition) is 4. The third-order valence-corrected chi connectivity index (χ3v) is 2.17. The average Bonchev–Trinajstić information content (AvgIpc) is 2.32. The Labute approximate surface area is 103 Å². The van der Waals surface area contributed by atoms with Crippen molar-refractivity contribution >= 4 is 5.69 Å². The first-order valence-corrected chi connectivity index (χ1v) is 5.90. The molecular formula is C13H21NO3. The minimum Gasteiger partial charge on any atom is -0.491 e. The predicted molar refractivity (Wildman–Crippen MR) is 68.3 cm³/mol. The highest BCUT2D eigenvalue weighted by molar-refractivity contribution is 5.43. The van der Waals surface area contributed by atoms with Crippen LogP contribution in [0, 0.1) is 0 Å². The molecule has 0 saturated heterocycles. The predicted octanol–water partition coefficient (Wildman–Crippen LogP) is 2.09. The fourth-order valence-corrected chi connectivity index (χ4v) is 1.35. The lowest BCUT2D eigenvalue weighted by Crippen LogP contribution is -2.19. The number of nitrogen functional groups attached to an aromatic ring is 1. The van der Waals surface area contributed by atoms with Crippen LogP contribution in [-0.2, 0) is 9.47 Å². The Morgan fingerprint density at radius 2 is 2.12 bits per heavy atom. The van der Waals surface area contributed by atoms with Crippen molar-refractivity contribution in [2.75, 3.05) is 32.2 Å². The second-order valence-electron chi connectivity index (χ2n) is 3.76. The second-order valence-corrected chi connectivity index (χ2v) is 3.76. The number of rotatable bonds is 8. The van der Waals surface area contributed by atoms with Gasteiger partial charge in [0, 0.05) is 18.4 Å². The van der Waals surface area contributed by atoms with E-state index in [4.69, 9.17) is 19.9 Å². The Hall–Kier alpha value is -1.26. The summed E-state index contributed by atoms with van der Waals surface area (Å²) in [5.74, 6) is 0.770. The van der Waals surface area contributed by atoms with E-state index in [1.54, 1.807) is 6.07 Å². The van der Waals surface area contributed by atoms with Crippen molar-refractivity contribution in [2.45, 2.75) is 20.0 Å². The third kappa shape index (κ3) is 6.14. The lowest BCUT2D eigenvalue weighted by atomic mass is 10.3. The molecule has 1 rings (SSSR count). The van der Waals surface area contributed by atoms with Crippen LogP contribution in [0.2, 0.25) is 0 Å². The second kappa shape index (κ2) is 7.92. The summed E-state index contributed by atoms with van der Waals surface area (Å²) in [6.45, 7) is 6.34. The fourth-order valence-electron chi connectivity index (χ4n) is 1.35. The van der Waals surface area contributed by atoms with E-state index in [0.717, 1.165) is 5.75 Å². The van der Waals surface area contributed by atoms with E-state index in [1.165, 1.54) is 0 Å². The van der Waals surface area contributed by atoms with Crippen molar-refractivity contribution in [2.24, 2.45) is 0 Å². The van der Waals surface area contributed by atoms with E-state index in [2.05, 4.69) is 0 Å². The molecule has 4 nitrogen and oxygen atoms in total. The van der Waals surface area contributed by atoms with E-state index in [9.17, 15) is 0 Å². The molecule has 2 N–H and O–H groups in total. The van der Waals surface area contributed by atoms with Gasteiger partial charge in [0.25, 0.3) is 0 Å². The van der Waals surface area contributed by atoms with Gasteiger partial charge in [-0.25, -0.2) is 0 Å². The molecule has 0 heterocycles. The van der Waals surface area contributed by atoms with Gasteiger partial charge in [-0.3, -0.25) is 0 Å². The molecule has 0 saturated carbocycles. The van der Waals surface area contributed by atoms with E-state index in [1.807, 2.05) is 32.0 Å². The van der Waals surface area contributed by atoms with Crippen LogP contribution >= 0.6 is 0 Å². The van der Waals surface area contributed by atoms with Gasteiger partial charge in [-0.05, 0) is 26.0 Å². The van der Waals surface area contributed by atoms with Crippen molar-refractivity contribution < 1.29 is 14.2 Å².